The molecule has 84 valence electrons. The molecule has 1 aromatic rings. The van der Waals surface area contributed by atoms with Crippen molar-refractivity contribution in [2.45, 2.75) is 45.8 Å². The van der Waals surface area contributed by atoms with E-state index in [0.717, 1.165) is 18.8 Å². The van der Waals surface area contributed by atoms with Crippen molar-refractivity contribution in [2.24, 2.45) is 0 Å². The molecule has 0 bridgehead atoms. The maximum Gasteiger partial charge on any atom is 0.168 e. The molecule has 0 spiro atoms. The van der Waals surface area contributed by atoms with Gasteiger partial charge in [0.15, 0.2) is 5.78 Å². The van der Waals surface area contributed by atoms with Gasteiger partial charge in [0.1, 0.15) is 11.9 Å². The van der Waals surface area contributed by atoms with Crippen molar-refractivity contribution in [3.8, 4) is 0 Å². The first-order valence-electron chi connectivity index (χ1n) is 5.39. The lowest BCUT2D eigenvalue weighted by molar-refractivity contribution is -0.126. The zero-order valence-corrected chi connectivity index (χ0v) is 9.31. The van der Waals surface area contributed by atoms with E-state index in [1.54, 1.807) is 13.1 Å². The molecule has 0 fully saturated rings. The van der Waals surface area contributed by atoms with E-state index >= 15 is 0 Å². The van der Waals surface area contributed by atoms with Crippen LogP contribution in [-0.4, -0.2) is 26.5 Å². The van der Waals surface area contributed by atoms with Gasteiger partial charge in [-0.1, -0.05) is 13.8 Å². The second-order valence-electron chi connectivity index (χ2n) is 3.60. The fourth-order valence-corrected chi connectivity index (χ4v) is 1.45. The van der Waals surface area contributed by atoms with Crippen molar-refractivity contribution in [1.82, 2.24) is 9.55 Å². The van der Waals surface area contributed by atoms with Crippen LogP contribution in [0.1, 0.15) is 32.5 Å². The minimum atomic E-state index is -0.850. The summed E-state index contributed by atoms with van der Waals surface area (Å²) in [4.78, 5) is 15.6. The first-order valence-corrected chi connectivity index (χ1v) is 5.39. The lowest BCUT2D eigenvalue weighted by Gasteiger charge is -2.08. The summed E-state index contributed by atoms with van der Waals surface area (Å²) in [5, 5.41) is 9.36. The fourth-order valence-electron chi connectivity index (χ4n) is 1.45. The van der Waals surface area contributed by atoms with Crippen molar-refractivity contribution < 1.29 is 9.90 Å². The molecule has 15 heavy (non-hydrogen) atoms. The third-order valence-electron chi connectivity index (χ3n) is 2.36. The van der Waals surface area contributed by atoms with Crippen LogP contribution in [0.3, 0.4) is 0 Å². The number of ketones is 1. The lowest BCUT2D eigenvalue weighted by atomic mass is 10.1. The molecule has 4 heteroatoms. The minimum absolute atomic E-state index is 0.152. The van der Waals surface area contributed by atoms with Crippen molar-refractivity contribution in [2.75, 3.05) is 0 Å². The normalized spacial score (nSPS) is 12.7. The topological polar surface area (TPSA) is 55.1 Å². The predicted molar refractivity (Wildman–Crippen MR) is 57.5 cm³/mol. The van der Waals surface area contributed by atoms with E-state index in [4.69, 9.17) is 0 Å². The smallest absolute Gasteiger partial charge is 0.168 e. The van der Waals surface area contributed by atoms with Gasteiger partial charge in [-0.3, -0.25) is 4.79 Å². The number of imidazole rings is 1. The second kappa shape index (κ2) is 5.66. The number of aliphatic hydroxyl groups is 1. The van der Waals surface area contributed by atoms with Gasteiger partial charge >= 0.3 is 0 Å². The van der Waals surface area contributed by atoms with Gasteiger partial charge in [-0.2, -0.15) is 0 Å². The molecule has 1 atom stereocenters. The SMILES string of the molecule is CCCn1ccnc1CC(=O)C(O)CC. The van der Waals surface area contributed by atoms with Gasteiger partial charge in [0, 0.05) is 18.9 Å². The van der Waals surface area contributed by atoms with Crippen LogP contribution in [0, 0.1) is 0 Å². The summed E-state index contributed by atoms with van der Waals surface area (Å²) in [7, 11) is 0. The molecular weight excluding hydrogens is 192 g/mol. The first kappa shape index (κ1) is 11.9. The summed E-state index contributed by atoms with van der Waals surface area (Å²) in [6.07, 6.45) is 4.40. The summed E-state index contributed by atoms with van der Waals surface area (Å²) in [6, 6.07) is 0. The Morgan fingerprint density at radius 1 is 1.60 bits per heavy atom. The summed E-state index contributed by atoms with van der Waals surface area (Å²) >= 11 is 0. The number of nitrogens with zero attached hydrogens (tertiary/aromatic N) is 2. The van der Waals surface area contributed by atoms with Gasteiger partial charge < -0.3 is 9.67 Å². The van der Waals surface area contributed by atoms with Crippen LogP contribution >= 0.6 is 0 Å². The fraction of sp³-hybridized carbons (Fsp3) is 0.636. The molecule has 1 aromatic heterocycles. The van der Waals surface area contributed by atoms with E-state index in [1.165, 1.54) is 0 Å². The molecular formula is C11H18N2O2. The summed E-state index contributed by atoms with van der Waals surface area (Å²) in [5.41, 5.74) is 0. The zero-order chi connectivity index (χ0) is 11.3. The Hall–Kier alpha value is -1.16. The number of hydrogen-bond acceptors (Lipinski definition) is 3. The maximum atomic E-state index is 11.5. The standard InChI is InChI=1S/C11H18N2O2/c1-3-6-13-7-5-12-11(13)8-10(15)9(14)4-2/h5,7,9,14H,3-4,6,8H2,1-2H3. The Morgan fingerprint density at radius 3 is 2.93 bits per heavy atom. The molecule has 0 aromatic carbocycles. The zero-order valence-electron chi connectivity index (χ0n) is 9.31. The van der Waals surface area contributed by atoms with E-state index in [1.807, 2.05) is 10.8 Å². The molecule has 0 radical (unpaired) electrons. The minimum Gasteiger partial charge on any atom is -0.385 e. The number of carbonyl (C=O) groups is 1. The summed E-state index contributed by atoms with van der Waals surface area (Å²) in [5.74, 6) is 0.593. The number of aromatic nitrogens is 2. The highest BCUT2D eigenvalue weighted by Gasteiger charge is 2.15. The van der Waals surface area contributed by atoms with Gasteiger partial charge in [-0.25, -0.2) is 4.98 Å². The number of Topliss-reactive ketones (excluding diaryl/α,β-unsaturated/α-hetero) is 1. The average Bonchev–Trinajstić information content (AvgIpc) is 2.65. The van der Waals surface area contributed by atoms with E-state index in [9.17, 15) is 9.90 Å². The Balaban J connectivity index is 2.63. The molecule has 1 unspecified atom stereocenters. The van der Waals surface area contributed by atoms with Crippen LogP contribution in [0.5, 0.6) is 0 Å². The molecule has 0 amide bonds. The van der Waals surface area contributed by atoms with Gasteiger partial charge in [0.2, 0.25) is 0 Å². The maximum absolute atomic E-state index is 11.5. The molecule has 0 saturated heterocycles. The lowest BCUT2D eigenvalue weighted by Crippen LogP contribution is -2.22. The van der Waals surface area contributed by atoms with Crippen LogP contribution in [0.4, 0.5) is 0 Å². The van der Waals surface area contributed by atoms with Crippen LogP contribution in [0.15, 0.2) is 12.4 Å². The molecule has 1 heterocycles. The summed E-state index contributed by atoms with van der Waals surface area (Å²) in [6.45, 7) is 4.73. The Bertz CT molecular complexity index is 320. The second-order valence-corrected chi connectivity index (χ2v) is 3.60. The number of aliphatic hydroxyl groups excluding tert-OH is 1. The molecule has 1 rings (SSSR count). The molecule has 0 aliphatic heterocycles. The molecule has 0 aliphatic carbocycles. The number of hydrogen-bond donors (Lipinski definition) is 1. The van der Waals surface area contributed by atoms with Crippen molar-refractivity contribution in [1.29, 1.82) is 0 Å². The van der Waals surface area contributed by atoms with E-state index < -0.39 is 6.10 Å². The Kier molecular flexibility index (Phi) is 4.49. The van der Waals surface area contributed by atoms with Crippen molar-refractivity contribution >= 4 is 5.78 Å². The van der Waals surface area contributed by atoms with Crippen LogP contribution < -0.4 is 0 Å². The van der Waals surface area contributed by atoms with Crippen LogP contribution in [0.25, 0.3) is 0 Å². The van der Waals surface area contributed by atoms with Crippen LogP contribution in [0.2, 0.25) is 0 Å². The third kappa shape index (κ3) is 3.16. The highest BCUT2D eigenvalue weighted by atomic mass is 16.3. The molecule has 1 N–H and O–H groups in total. The quantitative estimate of drug-likeness (QED) is 0.767. The van der Waals surface area contributed by atoms with Crippen molar-refractivity contribution in [3.63, 3.8) is 0 Å². The van der Waals surface area contributed by atoms with Gasteiger partial charge in [0.25, 0.3) is 0 Å². The van der Waals surface area contributed by atoms with Gasteiger partial charge in [-0.05, 0) is 12.8 Å². The van der Waals surface area contributed by atoms with Crippen LogP contribution in [-0.2, 0) is 17.8 Å². The molecule has 0 aliphatic rings. The summed E-state index contributed by atoms with van der Waals surface area (Å²) < 4.78 is 1.96. The monoisotopic (exact) mass is 210 g/mol. The van der Waals surface area contributed by atoms with Gasteiger partial charge in [0.05, 0.1) is 6.42 Å². The highest BCUT2D eigenvalue weighted by molar-refractivity contribution is 5.84. The number of carbonyl (C=O) groups excluding carboxylic acids is 1. The first-order chi connectivity index (χ1) is 7.19. The van der Waals surface area contributed by atoms with Gasteiger partial charge in [-0.15, -0.1) is 0 Å². The Morgan fingerprint density at radius 2 is 2.33 bits per heavy atom. The Labute approximate surface area is 89.9 Å². The molecule has 0 saturated carbocycles. The predicted octanol–water partition coefficient (Wildman–Crippen LogP) is 1.18. The van der Waals surface area contributed by atoms with E-state index in [-0.39, 0.29) is 12.2 Å². The highest BCUT2D eigenvalue weighted by Crippen LogP contribution is 2.04. The van der Waals surface area contributed by atoms with E-state index in [2.05, 4.69) is 11.9 Å². The third-order valence-corrected chi connectivity index (χ3v) is 2.36. The number of aryl methyl sites for hydroxylation is 1. The van der Waals surface area contributed by atoms with Crippen molar-refractivity contribution in [3.05, 3.63) is 18.2 Å². The molecule has 4 nitrogen and oxygen atoms in total. The number of rotatable bonds is 6. The largest absolute Gasteiger partial charge is 0.385 e. The van der Waals surface area contributed by atoms with E-state index in [0.29, 0.717) is 6.42 Å². The average molecular weight is 210 g/mol.